The van der Waals surface area contributed by atoms with Gasteiger partial charge in [0.25, 0.3) is 0 Å². The Hall–Kier alpha value is -1.39. The van der Waals surface area contributed by atoms with Gasteiger partial charge in [-0.1, -0.05) is 36.4 Å². The lowest BCUT2D eigenvalue weighted by atomic mass is 10.0. The van der Waals surface area contributed by atoms with Crippen molar-refractivity contribution >= 4 is 20.6 Å². The Morgan fingerprint density at radius 2 is 1.70 bits per heavy atom. The minimum absolute atomic E-state index is 0.0635. The maximum Gasteiger partial charge on any atom is 0.148 e. The van der Waals surface area contributed by atoms with Crippen LogP contribution in [-0.2, 0) is 9.84 Å². The van der Waals surface area contributed by atoms with Crippen LogP contribution in [-0.4, -0.2) is 26.5 Å². The molecule has 2 rings (SSSR count). The van der Waals surface area contributed by atoms with E-state index in [1.54, 1.807) is 0 Å². The highest BCUT2D eigenvalue weighted by molar-refractivity contribution is 7.90. The predicted octanol–water partition coefficient (Wildman–Crippen LogP) is 2.92. The van der Waals surface area contributed by atoms with Gasteiger partial charge in [-0.15, -0.1) is 0 Å². The van der Waals surface area contributed by atoms with E-state index < -0.39 is 9.84 Å². The fourth-order valence-electron chi connectivity index (χ4n) is 2.50. The third-order valence-electron chi connectivity index (χ3n) is 3.36. The number of hydrogen-bond acceptors (Lipinski definition) is 3. The van der Waals surface area contributed by atoms with Crippen molar-refractivity contribution < 1.29 is 8.42 Å². The average molecular weight is 291 g/mol. The summed E-state index contributed by atoms with van der Waals surface area (Å²) in [7, 11) is -2.95. The van der Waals surface area contributed by atoms with Gasteiger partial charge >= 0.3 is 0 Å². The molecule has 0 amide bonds. The Labute approximate surface area is 120 Å². The van der Waals surface area contributed by atoms with Crippen molar-refractivity contribution in [2.24, 2.45) is 0 Å². The Morgan fingerprint density at radius 1 is 1.05 bits per heavy atom. The van der Waals surface area contributed by atoms with E-state index in [9.17, 15) is 8.42 Å². The van der Waals surface area contributed by atoms with Crippen LogP contribution in [0.15, 0.2) is 42.5 Å². The largest absolute Gasteiger partial charge is 0.307 e. The third kappa shape index (κ3) is 4.05. The number of nitrogens with one attached hydrogen (secondary N) is 1. The average Bonchev–Trinajstić information content (AvgIpc) is 2.35. The highest BCUT2D eigenvalue weighted by Gasteiger charge is 2.14. The number of fused-ring (bicyclic) bond motifs is 1. The highest BCUT2D eigenvalue weighted by atomic mass is 32.2. The fraction of sp³-hybridized carbons (Fsp3) is 0.375. The monoisotopic (exact) mass is 291 g/mol. The molecule has 3 nitrogen and oxygen atoms in total. The molecule has 1 N–H and O–H groups in total. The van der Waals surface area contributed by atoms with Crippen molar-refractivity contribution in [3.8, 4) is 0 Å². The van der Waals surface area contributed by atoms with Crippen molar-refractivity contribution in [3.63, 3.8) is 0 Å². The molecule has 0 fully saturated rings. The Bertz CT molecular complexity index is 694. The van der Waals surface area contributed by atoms with Gasteiger partial charge < -0.3 is 5.32 Å². The number of hydrogen-bond donors (Lipinski definition) is 1. The molecule has 0 bridgehead atoms. The molecule has 0 radical (unpaired) electrons. The molecule has 0 aliphatic heterocycles. The first-order valence-corrected chi connectivity index (χ1v) is 8.84. The minimum Gasteiger partial charge on any atom is -0.307 e. The van der Waals surface area contributed by atoms with Crippen LogP contribution in [0.1, 0.15) is 25.5 Å². The minimum atomic E-state index is -2.95. The van der Waals surface area contributed by atoms with Crippen LogP contribution in [0.2, 0.25) is 0 Å². The lowest BCUT2D eigenvalue weighted by molar-refractivity contribution is 0.501. The molecule has 2 atom stereocenters. The van der Waals surface area contributed by atoms with E-state index >= 15 is 0 Å². The van der Waals surface area contributed by atoms with E-state index in [1.807, 2.05) is 19.1 Å². The SMILES string of the molecule is CC(CS(C)(=O)=O)NC(C)c1ccc2ccccc2c1. The molecule has 4 heteroatoms. The van der Waals surface area contributed by atoms with E-state index in [0.29, 0.717) is 0 Å². The molecule has 0 saturated heterocycles. The van der Waals surface area contributed by atoms with E-state index in [2.05, 4.69) is 42.6 Å². The van der Waals surface area contributed by atoms with Crippen LogP contribution in [0.5, 0.6) is 0 Å². The van der Waals surface area contributed by atoms with E-state index in [-0.39, 0.29) is 17.8 Å². The van der Waals surface area contributed by atoms with Crippen LogP contribution in [0.3, 0.4) is 0 Å². The topological polar surface area (TPSA) is 46.2 Å². The number of sulfone groups is 1. The molecule has 2 unspecified atom stereocenters. The van der Waals surface area contributed by atoms with Gasteiger partial charge in [0.2, 0.25) is 0 Å². The van der Waals surface area contributed by atoms with Crippen LogP contribution in [0, 0.1) is 0 Å². The van der Waals surface area contributed by atoms with Crippen molar-refractivity contribution in [2.75, 3.05) is 12.0 Å². The van der Waals surface area contributed by atoms with Gasteiger partial charge in [0.1, 0.15) is 9.84 Å². The second-order valence-electron chi connectivity index (χ2n) is 5.49. The van der Waals surface area contributed by atoms with Crippen molar-refractivity contribution in [1.29, 1.82) is 0 Å². The molecule has 20 heavy (non-hydrogen) atoms. The van der Waals surface area contributed by atoms with Crippen molar-refractivity contribution in [3.05, 3.63) is 48.0 Å². The molecule has 0 saturated carbocycles. The van der Waals surface area contributed by atoms with Crippen LogP contribution in [0.4, 0.5) is 0 Å². The van der Waals surface area contributed by atoms with Gasteiger partial charge in [0.05, 0.1) is 5.75 Å². The van der Waals surface area contributed by atoms with E-state index in [0.717, 1.165) is 0 Å². The number of benzene rings is 2. The summed E-state index contributed by atoms with van der Waals surface area (Å²) in [6, 6.07) is 14.6. The normalized spacial score (nSPS) is 15.2. The maximum atomic E-state index is 11.3. The third-order valence-corrected chi connectivity index (χ3v) is 4.47. The first kappa shape index (κ1) is 15.0. The number of rotatable bonds is 5. The van der Waals surface area contributed by atoms with Crippen LogP contribution in [0.25, 0.3) is 10.8 Å². The van der Waals surface area contributed by atoms with Crippen molar-refractivity contribution in [2.45, 2.75) is 25.9 Å². The highest BCUT2D eigenvalue weighted by Crippen LogP contribution is 2.20. The molecule has 108 valence electrons. The van der Waals surface area contributed by atoms with Gasteiger partial charge in [0.15, 0.2) is 0 Å². The molecular formula is C16H21NO2S. The van der Waals surface area contributed by atoms with E-state index in [4.69, 9.17) is 0 Å². The fourth-order valence-corrected chi connectivity index (χ4v) is 3.51. The summed E-state index contributed by atoms with van der Waals surface area (Å²) >= 11 is 0. The summed E-state index contributed by atoms with van der Waals surface area (Å²) in [5.41, 5.74) is 1.17. The first-order chi connectivity index (χ1) is 9.35. The van der Waals surface area contributed by atoms with Gasteiger partial charge in [-0.2, -0.15) is 0 Å². The summed E-state index contributed by atoms with van der Waals surface area (Å²) in [5.74, 6) is 0.158. The van der Waals surface area contributed by atoms with Crippen LogP contribution >= 0.6 is 0 Å². The molecular weight excluding hydrogens is 270 g/mol. The van der Waals surface area contributed by atoms with Crippen molar-refractivity contribution in [1.82, 2.24) is 5.32 Å². The Kier molecular flexibility index (Phi) is 4.45. The quantitative estimate of drug-likeness (QED) is 0.921. The Morgan fingerprint density at radius 3 is 2.35 bits per heavy atom. The van der Waals surface area contributed by atoms with Gasteiger partial charge in [0, 0.05) is 18.3 Å². The lowest BCUT2D eigenvalue weighted by Crippen LogP contribution is -2.34. The summed E-state index contributed by atoms with van der Waals surface area (Å²) in [5, 5.41) is 5.76. The summed E-state index contributed by atoms with van der Waals surface area (Å²) in [4.78, 5) is 0. The zero-order chi connectivity index (χ0) is 14.8. The van der Waals surface area contributed by atoms with Gasteiger partial charge in [-0.25, -0.2) is 8.42 Å². The Balaban J connectivity index is 2.13. The van der Waals surface area contributed by atoms with Crippen LogP contribution < -0.4 is 5.32 Å². The molecule has 2 aromatic rings. The predicted molar refractivity (Wildman–Crippen MR) is 84.7 cm³/mol. The van der Waals surface area contributed by atoms with Gasteiger partial charge in [-0.3, -0.25) is 0 Å². The molecule has 0 aromatic heterocycles. The van der Waals surface area contributed by atoms with E-state index in [1.165, 1.54) is 22.6 Å². The second kappa shape index (κ2) is 5.94. The molecule has 0 aliphatic carbocycles. The lowest BCUT2D eigenvalue weighted by Gasteiger charge is -2.20. The first-order valence-electron chi connectivity index (χ1n) is 6.77. The molecule has 0 heterocycles. The summed E-state index contributed by atoms with van der Waals surface area (Å²) in [6.45, 7) is 3.96. The van der Waals surface area contributed by atoms with Gasteiger partial charge in [-0.05, 0) is 36.2 Å². The zero-order valence-electron chi connectivity index (χ0n) is 12.1. The standard InChI is InChI=1S/C16H21NO2S/c1-12(11-20(3,18)19)17-13(2)15-9-8-14-6-4-5-7-16(14)10-15/h4-10,12-13,17H,11H2,1-3H3. The maximum absolute atomic E-state index is 11.3. The molecule has 2 aromatic carbocycles. The second-order valence-corrected chi connectivity index (χ2v) is 7.67. The summed E-state index contributed by atoms with van der Waals surface area (Å²) in [6.07, 6.45) is 1.27. The molecule has 0 aliphatic rings. The summed E-state index contributed by atoms with van der Waals surface area (Å²) < 4.78 is 22.6. The molecule has 0 spiro atoms. The smallest absolute Gasteiger partial charge is 0.148 e. The zero-order valence-corrected chi connectivity index (χ0v) is 12.9.